The van der Waals surface area contributed by atoms with Crippen LogP contribution in [0.3, 0.4) is 0 Å². The van der Waals surface area contributed by atoms with Gasteiger partial charge in [-0.2, -0.15) is 5.10 Å². The number of hydrogen-bond donors (Lipinski definition) is 2. The second-order valence-electron chi connectivity index (χ2n) is 4.68. The number of aromatic amines is 1. The highest BCUT2D eigenvalue weighted by atomic mass is 16.1. The van der Waals surface area contributed by atoms with Crippen LogP contribution in [0.1, 0.15) is 16.1 Å². The summed E-state index contributed by atoms with van der Waals surface area (Å²) < 4.78 is 0. The summed E-state index contributed by atoms with van der Waals surface area (Å²) in [5, 5.41) is 9.50. The topological polar surface area (TPSA) is 70.7 Å². The number of nitrogens with zero attached hydrogens (tertiary/aromatic N) is 2. The van der Waals surface area contributed by atoms with Crippen LogP contribution in [0.15, 0.2) is 54.7 Å². The number of H-pyrrole nitrogens is 1. The van der Waals surface area contributed by atoms with Gasteiger partial charge in [-0.3, -0.25) is 14.9 Å². The lowest BCUT2D eigenvalue weighted by Crippen LogP contribution is -2.11. The zero-order valence-electron chi connectivity index (χ0n) is 11.5. The molecule has 2 heterocycles. The van der Waals surface area contributed by atoms with E-state index in [1.54, 1.807) is 24.4 Å². The minimum atomic E-state index is -0.186. The van der Waals surface area contributed by atoms with Crippen molar-refractivity contribution >= 4 is 11.7 Å². The summed E-state index contributed by atoms with van der Waals surface area (Å²) in [6.45, 7) is 1.88. The van der Waals surface area contributed by atoms with E-state index in [-0.39, 0.29) is 5.91 Å². The van der Waals surface area contributed by atoms with Crippen molar-refractivity contribution in [2.24, 2.45) is 0 Å². The van der Waals surface area contributed by atoms with E-state index in [9.17, 15) is 4.79 Å². The second kappa shape index (κ2) is 5.58. The molecule has 0 bridgehead atoms. The molecule has 0 aliphatic carbocycles. The summed E-state index contributed by atoms with van der Waals surface area (Å²) in [4.78, 5) is 16.4. The molecule has 0 aliphatic heterocycles. The van der Waals surface area contributed by atoms with Crippen molar-refractivity contribution in [3.05, 3.63) is 66.0 Å². The molecule has 104 valence electrons. The number of benzene rings is 1. The summed E-state index contributed by atoms with van der Waals surface area (Å²) in [6.07, 6.45) is 1.75. The van der Waals surface area contributed by atoms with Gasteiger partial charge in [0.05, 0.1) is 5.69 Å². The van der Waals surface area contributed by atoms with E-state index in [0.717, 1.165) is 17.0 Å². The fourth-order valence-corrected chi connectivity index (χ4v) is 2.00. The Bertz CT molecular complexity index is 747. The molecule has 0 spiro atoms. The molecule has 5 nitrogen and oxygen atoms in total. The number of hydrogen-bond acceptors (Lipinski definition) is 3. The van der Waals surface area contributed by atoms with Crippen LogP contribution in [-0.4, -0.2) is 21.1 Å². The summed E-state index contributed by atoms with van der Waals surface area (Å²) in [6, 6.07) is 14.8. The van der Waals surface area contributed by atoms with Crippen molar-refractivity contribution in [2.45, 2.75) is 6.92 Å². The SMILES string of the molecule is Cc1cc(NC(=O)c2ccc(-c3ccccn3)cc2)n[nH]1. The van der Waals surface area contributed by atoms with Gasteiger partial charge in [-0.1, -0.05) is 18.2 Å². The average molecular weight is 278 g/mol. The predicted molar refractivity (Wildman–Crippen MR) is 81.0 cm³/mol. The number of amides is 1. The number of rotatable bonds is 3. The van der Waals surface area contributed by atoms with Gasteiger partial charge < -0.3 is 5.32 Å². The van der Waals surface area contributed by atoms with Gasteiger partial charge in [0.1, 0.15) is 0 Å². The molecule has 21 heavy (non-hydrogen) atoms. The van der Waals surface area contributed by atoms with Crippen molar-refractivity contribution in [2.75, 3.05) is 5.32 Å². The first-order valence-corrected chi connectivity index (χ1v) is 6.57. The Labute approximate surface area is 122 Å². The van der Waals surface area contributed by atoms with Gasteiger partial charge in [-0.25, -0.2) is 0 Å². The average Bonchev–Trinajstić information content (AvgIpc) is 2.93. The molecule has 5 heteroatoms. The van der Waals surface area contributed by atoms with Gasteiger partial charge >= 0.3 is 0 Å². The number of nitrogens with one attached hydrogen (secondary N) is 2. The molecule has 1 amide bonds. The van der Waals surface area contributed by atoms with Crippen LogP contribution in [0.5, 0.6) is 0 Å². The van der Waals surface area contributed by atoms with Crippen LogP contribution >= 0.6 is 0 Å². The second-order valence-corrected chi connectivity index (χ2v) is 4.68. The van der Waals surface area contributed by atoms with E-state index in [1.165, 1.54) is 0 Å². The molecule has 1 aromatic carbocycles. The Morgan fingerprint density at radius 2 is 1.95 bits per heavy atom. The van der Waals surface area contributed by atoms with Gasteiger partial charge in [-0.05, 0) is 31.2 Å². The van der Waals surface area contributed by atoms with Crippen molar-refractivity contribution in [3.8, 4) is 11.3 Å². The fourth-order valence-electron chi connectivity index (χ4n) is 2.00. The highest BCUT2D eigenvalue weighted by Crippen LogP contribution is 2.17. The lowest BCUT2D eigenvalue weighted by molar-refractivity contribution is 0.102. The molecule has 2 N–H and O–H groups in total. The quantitative estimate of drug-likeness (QED) is 0.773. The van der Waals surface area contributed by atoms with Crippen LogP contribution < -0.4 is 5.32 Å². The first kappa shape index (κ1) is 13.1. The van der Waals surface area contributed by atoms with Crippen molar-refractivity contribution < 1.29 is 4.79 Å². The minimum absolute atomic E-state index is 0.186. The Hall–Kier alpha value is -2.95. The largest absolute Gasteiger partial charge is 0.305 e. The van der Waals surface area contributed by atoms with Gasteiger partial charge in [0.2, 0.25) is 0 Å². The maximum atomic E-state index is 12.1. The molecule has 0 saturated carbocycles. The molecule has 0 unspecified atom stereocenters. The third kappa shape index (κ3) is 2.97. The third-order valence-corrected chi connectivity index (χ3v) is 3.06. The molecule has 3 aromatic rings. The van der Waals surface area contributed by atoms with Gasteiger partial charge in [0, 0.05) is 29.1 Å². The highest BCUT2D eigenvalue weighted by molar-refractivity contribution is 6.04. The molecule has 0 radical (unpaired) electrons. The first-order chi connectivity index (χ1) is 10.2. The first-order valence-electron chi connectivity index (χ1n) is 6.57. The van der Waals surface area contributed by atoms with Crippen LogP contribution in [0.4, 0.5) is 5.82 Å². The molecule has 0 aliphatic rings. The molecule has 3 rings (SSSR count). The molecular weight excluding hydrogens is 264 g/mol. The van der Waals surface area contributed by atoms with Crippen molar-refractivity contribution in [3.63, 3.8) is 0 Å². The number of carbonyl (C=O) groups is 1. The molecule has 0 fully saturated rings. The summed E-state index contributed by atoms with van der Waals surface area (Å²) in [5.41, 5.74) is 3.33. The zero-order valence-corrected chi connectivity index (χ0v) is 11.5. The Balaban J connectivity index is 1.76. The van der Waals surface area contributed by atoms with Crippen LogP contribution in [0.25, 0.3) is 11.3 Å². The van der Waals surface area contributed by atoms with E-state index in [2.05, 4.69) is 20.5 Å². The fraction of sp³-hybridized carbons (Fsp3) is 0.0625. The van der Waals surface area contributed by atoms with Gasteiger partial charge in [0.25, 0.3) is 5.91 Å². The summed E-state index contributed by atoms with van der Waals surface area (Å²) >= 11 is 0. The van der Waals surface area contributed by atoms with Crippen LogP contribution in [0, 0.1) is 6.92 Å². The maximum absolute atomic E-state index is 12.1. The monoisotopic (exact) mass is 278 g/mol. The van der Waals surface area contributed by atoms with Crippen molar-refractivity contribution in [1.29, 1.82) is 0 Å². The molecular formula is C16H14N4O. The smallest absolute Gasteiger partial charge is 0.256 e. The van der Waals surface area contributed by atoms with Gasteiger partial charge in [-0.15, -0.1) is 0 Å². The minimum Gasteiger partial charge on any atom is -0.305 e. The Kier molecular flexibility index (Phi) is 3.47. The molecule has 2 aromatic heterocycles. The predicted octanol–water partition coefficient (Wildman–Crippen LogP) is 3.03. The molecule has 0 atom stereocenters. The third-order valence-electron chi connectivity index (χ3n) is 3.06. The maximum Gasteiger partial charge on any atom is 0.256 e. The number of anilines is 1. The van der Waals surface area contributed by atoms with E-state index in [4.69, 9.17) is 0 Å². The zero-order chi connectivity index (χ0) is 14.7. The number of pyridine rings is 1. The van der Waals surface area contributed by atoms with E-state index >= 15 is 0 Å². The van der Waals surface area contributed by atoms with E-state index in [1.807, 2.05) is 37.3 Å². The Morgan fingerprint density at radius 3 is 2.57 bits per heavy atom. The summed E-state index contributed by atoms with van der Waals surface area (Å²) in [7, 11) is 0. The van der Waals surface area contributed by atoms with E-state index in [0.29, 0.717) is 11.4 Å². The lowest BCUT2D eigenvalue weighted by atomic mass is 10.1. The number of aryl methyl sites for hydroxylation is 1. The van der Waals surface area contributed by atoms with Gasteiger partial charge in [0.15, 0.2) is 5.82 Å². The standard InChI is InChI=1S/C16H14N4O/c1-11-10-15(20-19-11)18-16(21)13-7-5-12(6-8-13)14-4-2-3-9-17-14/h2-10H,1H3,(H2,18,19,20,21). The van der Waals surface area contributed by atoms with Crippen molar-refractivity contribution in [1.82, 2.24) is 15.2 Å². The number of carbonyl (C=O) groups excluding carboxylic acids is 1. The highest BCUT2D eigenvalue weighted by Gasteiger charge is 2.08. The number of aromatic nitrogens is 3. The van der Waals surface area contributed by atoms with E-state index < -0.39 is 0 Å². The van der Waals surface area contributed by atoms with Crippen LogP contribution in [-0.2, 0) is 0 Å². The lowest BCUT2D eigenvalue weighted by Gasteiger charge is -2.04. The summed E-state index contributed by atoms with van der Waals surface area (Å²) in [5.74, 6) is 0.334. The normalized spacial score (nSPS) is 10.3. The Morgan fingerprint density at radius 1 is 1.14 bits per heavy atom. The van der Waals surface area contributed by atoms with Crippen LogP contribution in [0.2, 0.25) is 0 Å². The molecule has 0 saturated heterocycles.